The van der Waals surface area contributed by atoms with E-state index in [1.54, 1.807) is 40.1 Å². The zero-order chi connectivity index (χ0) is 31.4. The number of rotatable bonds is 11. The quantitative estimate of drug-likeness (QED) is 0.200. The monoisotopic (exact) mass is 658 g/mol. The van der Waals surface area contributed by atoms with Crippen molar-refractivity contribution in [3.05, 3.63) is 52.9 Å². The number of benzene rings is 1. The first kappa shape index (κ1) is 32.4. The summed E-state index contributed by atoms with van der Waals surface area (Å²) in [4.78, 5) is 31.6. The van der Waals surface area contributed by atoms with Crippen molar-refractivity contribution in [2.75, 3.05) is 31.0 Å². The standard InChI is InChI=1S/C25H28N4O4S3.C2HF3O2/c1-3-33-22(30)16-28(2)15-19-13-26-25(35-19)20-12-18-6-4-7-21(24(18)27-20)29(14-17-9-10-17)36(31,32)23-8-5-11-34-23;3-2(4,5)1(6)7/h4-8,11-13,17,27H,3,9-10,14-16H2,1-2H3;(H,6,7). The molecule has 10 nitrogen and oxygen atoms in total. The highest BCUT2D eigenvalue weighted by molar-refractivity contribution is 7.94. The number of esters is 1. The Bertz CT molecular complexity index is 1660. The van der Waals surface area contributed by atoms with Gasteiger partial charge in [-0.15, -0.1) is 22.7 Å². The number of aromatic amines is 1. The molecule has 43 heavy (non-hydrogen) atoms. The van der Waals surface area contributed by atoms with Crippen molar-refractivity contribution >= 4 is 61.2 Å². The zero-order valence-electron chi connectivity index (χ0n) is 23.1. The number of fused-ring (bicyclic) bond motifs is 1. The van der Waals surface area contributed by atoms with Crippen LogP contribution in [0.2, 0.25) is 0 Å². The van der Waals surface area contributed by atoms with Gasteiger partial charge in [-0.2, -0.15) is 13.2 Å². The largest absolute Gasteiger partial charge is 0.490 e. The van der Waals surface area contributed by atoms with Crippen LogP contribution in [0.15, 0.2) is 52.2 Å². The Morgan fingerprint density at radius 3 is 2.53 bits per heavy atom. The number of anilines is 1. The van der Waals surface area contributed by atoms with Crippen LogP contribution < -0.4 is 4.31 Å². The van der Waals surface area contributed by atoms with Gasteiger partial charge in [0.25, 0.3) is 10.0 Å². The smallest absolute Gasteiger partial charge is 0.475 e. The number of nitrogens with zero attached hydrogens (tertiary/aromatic N) is 3. The molecule has 3 heterocycles. The normalized spacial score (nSPS) is 13.5. The lowest BCUT2D eigenvalue weighted by Crippen LogP contribution is -2.32. The number of halogens is 3. The van der Waals surface area contributed by atoms with E-state index in [1.807, 2.05) is 42.4 Å². The SMILES string of the molecule is CCOC(=O)CN(C)Cc1cnc(-c2cc3cccc(N(CC4CC4)S(=O)(=O)c4cccs4)c3[nH]2)s1.O=C(O)C(F)(F)F. The number of likely N-dealkylation sites (N-methyl/N-ethyl adjacent to an activating group) is 1. The molecule has 0 unspecified atom stereocenters. The molecule has 0 saturated heterocycles. The van der Waals surface area contributed by atoms with E-state index in [2.05, 4.69) is 9.97 Å². The number of aromatic nitrogens is 2. The van der Waals surface area contributed by atoms with Crippen LogP contribution in [0.5, 0.6) is 0 Å². The van der Waals surface area contributed by atoms with Crippen molar-refractivity contribution in [1.29, 1.82) is 0 Å². The van der Waals surface area contributed by atoms with Crippen LogP contribution in [-0.4, -0.2) is 73.3 Å². The topological polar surface area (TPSA) is 133 Å². The molecule has 0 spiro atoms. The fourth-order valence-electron chi connectivity index (χ4n) is 4.10. The van der Waals surface area contributed by atoms with Gasteiger partial charge in [0.15, 0.2) is 0 Å². The minimum absolute atomic E-state index is 0.215. The van der Waals surface area contributed by atoms with Gasteiger partial charge in [-0.3, -0.25) is 14.0 Å². The summed E-state index contributed by atoms with van der Waals surface area (Å²) in [7, 11) is -1.79. The van der Waals surface area contributed by atoms with Gasteiger partial charge in [0.2, 0.25) is 0 Å². The Morgan fingerprint density at radius 1 is 1.21 bits per heavy atom. The Hall–Kier alpha value is -3.47. The van der Waals surface area contributed by atoms with E-state index in [-0.39, 0.29) is 12.5 Å². The van der Waals surface area contributed by atoms with Gasteiger partial charge in [-0.25, -0.2) is 18.2 Å². The molecule has 1 fully saturated rings. The second-order valence-corrected chi connectivity index (χ2v) is 13.9. The summed E-state index contributed by atoms with van der Waals surface area (Å²) in [5.74, 6) is -2.62. The zero-order valence-corrected chi connectivity index (χ0v) is 25.6. The Morgan fingerprint density at radius 2 is 1.93 bits per heavy atom. The average Bonchev–Trinajstić information content (AvgIpc) is 3.30. The summed E-state index contributed by atoms with van der Waals surface area (Å²) in [5.41, 5.74) is 2.27. The van der Waals surface area contributed by atoms with E-state index < -0.39 is 22.2 Å². The van der Waals surface area contributed by atoms with Crippen molar-refractivity contribution in [3.8, 4) is 10.7 Å². The highest BCUT2D eigenvalue weighted by Crippen LogP contribution is 2.39. The van der Waals surface area contributed by atoms with Crippen molar-refractivity contribution in [2.24, 2.45) is 5.92 Å². The summed E-state index contributed by atoms with van der Waals surface area (Å²) >= 11 is 2.78. The Balaban J connectivity index is 0.000000541. The molecule has 0 amide bonds. The fourth-order valence-corrected chi connectivity index (χ4v) is 7.72. The predicted molar refractivity (Wildman–Crippen MR) is 158 cm³/mol. The molecule has 1 saturated carbocycles. The third-order valence-corrected chi connectivity index (χ3v) is 10.4. The Kier molecular flexibility index (Phi) is 10.1. The van der Waals surface area contributed by atoms with Gasteiger partial charge < -0.3 is 14.8 Å². The van der Waals surface area contributed by atoms with Crippen LogP contribution in [0.3, 0.4) is 0 Å². The summed E-state index contributed by atoms with van der Waals surface area (Å²) in [6, 6.07) is 11.2. The van der Waals surface area contributed by atoms with E-state index in [1.165, 1.54) is 11.3 Å². The second-order valence-electron chi connectivity index (χ2n) is 9.75. The van der Waals surface area contributed by atoms with Crippen molar-refractivity contribution in [2.45, 2.75) is 36.7 Å². The number of hydrogen-bond acceptors (Lipinski definition) is 9. The number of thiophene rings is 1. The van der Waals surface area contributed by atoms with Crippen LogP contribution in [0.25, 0.3) is 21.6 Å². The lowest BCUT2D eigenvalue weighted by atomic mass is 10.2. The number of aliphatic carboxylic acids is 1. The molecule has 1 aliphatic carbocycles. The van der Waals surface area contributed by atoms with Crippen molar-refractivity contribution < 1.29 is 41.0 Å². The molecule has 16 heteroatoms. The van der Waals surface area contributed by atoms with E-state index in [0.717, 1.165) is 39.3 Å². The molecule has 1 aromatic carbocycles. The van der Waals surface area contributed by atoms with Crippen molar-refractivity contribution in [3.63, 3.8) is 0 Å². The highest BCUT2D eigenvalue weighted by Gasteiger charge is 2.38. The molecule has 4 aromatic rings. The van der Waals surface area contributed by atoms with Crippen LogP contribution in [0, 0.1) is 5.92 Å². The van der Waals surface area contributed by atoms with Crippen molar-refractivity contribution in [1.82, 2.24) is 14.9 Å². The summed E-state index contributed by atoms with van der Waals surface area (Å²) in [5, 5.41) is 10.7. The van der Waals surface area contributed by atoms with Crippen LogP contribution in [0.4, 0.5) is 18.9 Å². The molecule has 2 N–H and O–H groups in total. The maximum absolute atomic E-state index is 13.6. The summed E-state index contributed by atoms with van der Waals surface area (Å²) < 4.78 is 65.8. The minimum Gasteiger partial charge on any atom is -0.475 e. The number of H-pyrrole nitrogens is 1. The molecular formula is C27H29F3N4O6S3. The first-order valence-corrected chi connectivity index (χ1v) is 16.2. The molecule has 0 radical (unpaired) electrons. The molecule has 0 bridgehead atoms. The lowest BCUT2D eigenvalue weighted by Gasteiger charge is -2.24. The number of sulfonamides is 1. The van der Waals surface area contributed by atoms with Crippen LogP contribution in [-0.2, 0) is 30.9 Å². The Labute approximate surface area is 253 Å². The van der Waals surface area contributed by atoms with Gasteiger partial charge >= 0.3 is 18.1 Å². The number of nitrogens with one attached hydrogen (secondary N) is 1. The maximum atomic E-state index is 13.6. The minimum atomic E-state index is -5.08. The maximum Gasteiger partial charge on any atom is 0.490 e. The number of thiazole rings is 1. The molecule has 5 rings (SSSR count). The first-order chi connectivity index (χ1) is 20.3. The van der Waals surface area contributed by atoms with Gasteiger partial charge in [-0.05, 0) is 56.3 Å². The average molecular weight is 659 g/mol. The van der Waals surface area contributed by atoms with Crippen LogP contribution >= 0.6 is 22.7 Å². The molecule has 0 atom stereocenters. The predicted octanol–water partition coefficient (Wildman–Crippen LogP) is 5.59. The number of carbonyl (C=O) groups is 2. The third-order valence-electron chi connectivity index (χ3n) is 6.22. The number of carbonyl (C=O) groups excluding carboxylic acids is 1. The van der Waals surface area contributed by atoms with E-state index in [9.17, 15) is 26.4 Å². The van der Waals surface area contributed by atoms with Gasteiger partial charge in [0.1, 0.15) is 9.22 Å². The molecule has 0 aliphatic heterocycles. The van der Waals surface area contributed by atoms with E-state index >= 15 is 0 Å². The van der Waals surface area contributed by atoms with Gasteiger partial charge in [-0.1, -0.05) is 18.2 Å². The van der Waals surface area contributed by atoms with Gasteiger partial charge in [0, 0.05) is 29.5 Å². The highest BCUT2D eigenvalue weighted by atomic mass is 32.2. The lowest BCUT2D eigenvalue weighted by molar-refractivity contribution is -0.192. The molecular weight excluding hydrogens is 630 g/mol. The van der Waals surface area contributed by atoms with E-state index in [0.29, 0.717) is 35.5 Å². The number of carboxylic acid groups (broad SMARTS) is 1. The van der Waals surface area contributed by atoms with E-state index in [4.69, 9.17) is 14.6 Å². The first-order valence-electron chi connectivity index (χ1n) is 13.1. The summed E-state index contributed by atoms with van der Waals surface area (Å²) in [6.45, 7) is 3.43. The fraction of sp³-hybridized carbons (Fsp3) is 0.370. The number of hydrogen-bond donors (Lipinski definition) is 2. The number of para-hydroxylation sites is 1. The van der Waals surface area contributed by atoms with Gasteiger partial charge in [0.05, 0.1) is 30.0 Å². The molecule has 1 aliphatic rings. The number of carboxylic acids is 1. The molecule has 3 aromatic heterocycles. The number of ether oxygens (including phenoxy) is 1. The summed E-state index contributed by atoms with van der Waals surface area (Å²) in [6.07, 6.45) is -1.17. The van der Waals surface area contributed by atoms with Crippen LogP contribution in [0.1, 0.15) is 24.6 Å². The second kappa shape index (κ2) is 13.4. The number of alkyl halides is 3. The third kappa shape index (κ3) is 8.34. The molecule has 232 valence electrons.